The lowest BCUT2D eigenvalue weighted by molar-refractivity contribution is 0.497. The monoisotopic (exact) mass is 570 g/mol. The summed E-state index contributed by atoms with van der Waals surface area (Å²) >= 11 is 13.1. The highest BCUT2D eigenvalue weighted by atomic mass is 35.5. The summed E-state index contributed by atoms with van der Waals surface area (Å²) in [6, 6.07) is 14.5. The van der Waals surface area contributed by atoms with Crippen LogP contribution >= 0.6 is 34.5 Å². The SMILES string of the molecule is Cc1ccc(C)c(Cl)c1F.Cc1ccc(C)c(Cl)c1F.Cc1ccc(C)c(F)c1F.Cc1ccc(C)s1. The molecule has 0 fully saturated rings. The molecule has 0 saturated carbocycles. The molecule has 0 aliphatic carbocycles. The third-order valence-electron chi connectivity index (χ3n) is 5.28. The molecule has 37 heavy (non-hydrogen) atoms. The molecular weight excluding hydrogens is 539 g/mol. The average molecular weight is 572 g/mol. The normalized spacial score (nSPS) is 9.89. The lowest BCUT2D eigenvalue weighted by Gasteiger charge is -2.00. The Bertz CT molecular complexity index is 1100. The number of aryl methyl sites for hydroxylation is 8. The van der Waals surface area contributed by atoms with Crippen LogP contribution < -0.4 is 0 Å². The highest BCUT2D eigenvalue weighted by Crippen LogP contribution is 2.22. The van der Waals surface area contributed by atoms with Crippen LogP contribution in [0.25, 0.3) is 0 Å². The Morgan fingerprint density at radius 1 is 0.405 bits per heavy atom. The summed E-state index contributed by atoms with van der Waals surface area (Å²) < 4.78 is 51.0. The molecular formula is C30H32Cl2F4S. The van der Waals surface area contributed by atoms with Gasteiger partial charge in [0.1, 0.15) is 11.6 Å². The Morgan fingerprint density at radius 2 is 0.649 bits per heavy atom. The molecule has 200 valence electrons. The first kappa shape index (κ1) is 32.7. The van der Waals surface area contributed by atoms with Gasteiger partial charge in [0.15, 0.2) is 11.6 Å². The van der Waals surface area contributed by atoms with Crippen LogP contribution in [0.5, 0.6) is 0 Å². The van der Waals surface area contributed by atoms with E-state index in [-0.39, 0.29) is 21.7 Å². The van der Waals surface area contributed by atoms with Crippen molar-refractivity contribution in [3.8, 4) is 0 Å². The molecule has 0 saturated heterocycles. The smallest absolute Gasteiger partial charge is 0.161 e. The van der Waals surface area contributed by atoms with Crippen LogP contribution in [-0.4, -0.2) is 0 Å². The number of rotatable bonds is 0. The summed E-state index contributed by atoms with van der Waals surface area (Å²) in [5.41, 5.74) is 3.45. The van der Waals surface area contributed by atoms with E-state index in [1.165, 1.54) is 23.6 Å². The maximum atomic E-state index is 12.9. The maximum absolute atomic E-state index is 12.9. The lowest BCUT2D eigenvalue weighted by atomic mass is 10.1. The molecule has 0 nitrogen and oxygen atoms in total. The second-order valence-corrected chi connectivity index (χ2v) is 10.9. The fraction of sp³-hybridized carbons (Fsp3) is 0.267. The summed E-state index contributed by atoms with van der Waals surface area (Å²) in [4.78, 5) is 2.80. The van der Waals surface area contributed by atoms with Crippen LogP contribution in [0.4, 0.5) is 17.6 Å². The van der Waals surface area contributed by atoms with E-state index in [9.17, 15) is 17.6 Å². The largest absolute Gasteiger partial charge is 0.205 e. The molecule has 0 amide bonds. The van der Waals surface area contributed by atoms with Gasteiger partial charge in [-0.25, -0.2) is 17.6 Å². The van der Waals surface area contributed by atoms with E-state index in [2.05, 4.69) is 26.0 Å². The second kappa shape index (κ2) is 15.2. The first-order chi connectivity index (χ1) is 17.2. The molecule has 1 aromatic heterocycles. The van der Waals surface area contributed by atoms with E-state index < -0.39 is 11.6 Å². The molecule has 0 atom stereocenters. The predicted octanol–water partition coefficient (Wildman–Crippen LogP) is 11.1. The van der Waals surface area contributed by atoms with Gasteiger partial charge in [0.2, 0.25) is 0 Å². The first-order valence-corrected chi connectivity index (χ1v) is 13.0. The number of halogens is 6. The quantitative estimate of drug-likeness (QED) is 0.184. The summed E-state index contributed by atoms with van der Waals surface area (Å²) in [6.45, 7) is 14.3. The van der Waals surface area contributed by atoms with Gasteiger partial charge < -0.3 is 0 Å². The van der Waals surface area contributed by atoms with Crippen molar-refractivity contribution in [2.45, 2.75) is 55.4 Å². The molecule has 7 heteroatoms. The van der Waals surface area contributed by atoms with Gasteiger partial charge in [-0.05, 0) is 101 Å². The summed E-state index contributed by atoms with van der Waals surface area (Å²) in [7, 11) is 0. The summed E-state index contributed by atoms with van der Waals surface area (Å²) in [6.07, 6.45) is 0. The molecule has 0 unspecified atom stereocenters. The van der Waals surface area contributed by atoms with Crippen molar-refractivity contribution in [1.29, 1.82) is 0 Å². The third-order valence-corrected chi connectivity index (χ3v) is 7.12. The van der Waals surface area contributed by atoms with Gasteiger partial charge >= 0.3 is 0 Å². The Balaban J connectivity index is 0.000000249. The second-order valence-electron chi connectivity index (χ2n) is 8.64. The van der Waals surface area contributed by atoms with Crippen molar-refractivity contribution in [1.82, 2.24) is 0 Å². The lowest BCUT2D eigenvalue weighted by Crippen LogP contribution is -1.91. The zero-order valence-corrected chi connectivity index (χ0v) is 24.6. The topological polar surface area (TPSA) is 0 Å². The molecule has 4 rings (SSSR count). The van der Waals surface area contributed by atoms with Gasteiger partial charge in [-0.3, -0.25) is 0 Å². The van der Waals surface area contributed by atoms with E-state index in [4.69, 9.17) is 23.2 Å². The molecule has 0 N–H and O–H groups in total. The standard InChI is InChI=1S/2C8H8ClF.C8H8F2.C6H8S/c3*1-5-3-4-6(2)8(10)7(5)9;1-5-3-4-6(2)7-5/h3*3-4H,1-2H3;3-4H,1-2H3. The highest BCUT2D eigenvalue weighted by Gasteiger charge is 2.06. The van der Waals surface area contributed by atoms with E-state index >= 15 is 0 Å². The predicted molar refractivity (Wildman–Crippen MR) is 151 cm³/mol. The van der Waals surface area contributed by atoms with Crippen LogP contribution in [0.1, 0.15) is 43.1 Å². The van der Waals surface area contributed by atoms with Crippen LogP contribution in [-0.2, 0) is 0 Å². The zero-order valence-electron chi connectivity index (χ0n) is 22.3. The molecule has 0 bridgehead atoms. The fourth-order valence-corrected chi connectivity index (χ4v) is 3.99. The zero-order chi connectivity index (χ0) is 28.4. The van der Waals surface area contributed by atoms with E-state index in [0.29, 0.717) is 22.3 Å². The Kier molecular flexibility index (Phi) is 13.4. The van der Waals surface area contributed by atoms with Crippen molar-refractivity contribution >= 4 is 34.5 Å². The number of hydrogen-bond acceptors (Lipinski definition) is 1. The summed E-state index contributed by atoms with van der Waals surface area (Å²) in [5.74, 6) is -2.08. The van der Waals surface area contributed by atoms with Crippen molar-refractivity contribution in [3.05, 3.63) is 125 Å². The maximum Gasteiger partial charge on any atom is 0.161 e. The van der Waals surface area contributed by atoms with Gasteiger partial charge in [-0.15, -0.1) is 11.3 Å². The van der Waals surface area contributed by atoms with Crippen LogP contribution in [0.2, 0.25) is 10.0 Å². The van der Waals surface area contributed by atoms with Gasteiger partial charge in [0.05, 0.1) is 10.0 Å². The van der Waals surface area contributed by atoms with Crippen molar-refractivity contribution in [3.63, 3.8) is 0 Å². The molecule has 0 aliphatic heterocycles. The molecule has 4 aromatic rings. The minimum absolute atomic E-state index is 0.236. The highest BCUT2D eigenvalue weighted by molar-refractivity contribution is 7.11. The third kappa shape index (κ3) is 10.1. The van der Waals surface area contributed by atoms with Gasteiger partial charge in [-0.1, -0.05) is 59.6 Å². The molecule has 0 spiro atoms. The van der Waals surface area contributed by atoms with Crippen molar-refractivity contribution in [2.75, 3.05) is 0 Å². The van der Waals surface area contributed by atoms with Crippen LogP contribution in [0.15, 0.2) is 48.5 Å². The Labute approximate surface area is 231 Å². The van der Waals surface area contributed by atoms with Crippen molar-refractivity contribution in [2.24, 2.45) is 0 Å². The average Bonchev–Trinajstić information content (AvgIpc) is 3.26. The number of hydrogen-bond donors (Lipinski definition) is 0. The Morgan fingerprint density at radius 3 is 0.865 bits per heavy atom. The van der Waals surface area contributed by atoms with Crippen LogP contribution in [0, 0.1) is 78.7 Å². The van der Waals surface area contributed by atoms with Gasteiger partial charge in [0.25, 0.3) is 0 Å². The molecule has 3 aromatic carbocycles. The summed E-state index contributed by atoms with van der Waals surface area (Å²) in [5, 5.41) is 0.472. The van der Waals surface area contributed by atoms with Gasteiger partial charge in [-0.2, -0.15) is 0 Å². The van der Waals surface area contributed by atoms with Gasteiger partial charge in [0, 0.05) is 9.75 Å². The van der Waals surface area contributed by atoms with E-state index in [0.717, 1.165) is 11.1 Å². The minimum atomic E-state index is -0.736. The first-order valence-electron chi connectivity index (χ1n) is 11.4. The Hall–Kier alpha value is -2.34. The number of benzene rings is 3. The fourth-order valence-electron chi connectivity index (χ4n) is 2.78. The molecule has 0 radical (unpaired) electrons. The molecule has 0 aliphatic rings. The van der Waals surface area contributed by atoms with Crippen LogP contribution in [0.3, 0.4) is 0 Å². The van der Waals surface area contributed by atoms with Crippen molar-refractivity contribution < 1.29 is 17.6 Å². The number of thiophene rings is 1. The minimum Gasteiger partial charge on any atom is -0.205 e. The molecule has 1 heterocycles. The van der Waals surface area contributed by atoms with E-state index in [1.54, 1.807) is 64.1 Å². The van der Waals surface area contributed by atoms with E-state index in [1.807, 2.05) is 11.3 Å².